The number of methoxy groups -OCH3 is 1. The number of aliphatic carboxylic acids is 1. The number of likely N-dealkylation sites (tertiary alicyclic amines) is 1. The fourth-order valence-electron chi connectivity index (χ4n) is 6.57. The number of nitrogens with zero attached hydrogens (tertiary/aromatic N) is 1. The van der Waals surface area contributed by atoms with Crippen molar-refractivity contribution in [3.05, 3.63) is 53.6 Å². The third-order valence-electron chi connectivity index (χ3n) is 8.60. The summed E-state index contributed by atoms with van der Waals surface area (Å²) in [7, 11) is 1.60. The first-order chi connectivity index (χ1) is 19.0. The molecule has 0 spiro atoms. The van der Waals surface area contributed by atoms with Crippen LogP contribution in [-0.4, -0.2) is 55.4 Å². The Kier molecular flexibility index (Phi) is 8.91. The minimum absolute atomic E-state index is 0.0679. The molecule has 1 saturated carbocycles. The number of hydrogen-bond acceptors (Lipinski definition) is 6. The maximum atomic E-state index is 13.1. The number of ether oxygens (including phenoxy) is 3. The number of hydrogen-bond donors (Lipinski definition) is 2. The second-order valence-corrected chi connectivity index (χ2v) is 11.1. The summed E-state index contributed by atoms with van der Waals surface area (Å²) in [5.74, 6) is 0.844. The zero-order valence-corrected chi connectivity index (χ0v) is 22.8. The number of carboxylic acids is 1. The largest absolute Gasteiger partial charge is 0.497 e. The van der Waals surface area contributed by atoms with Crippen LogP contribution in [-0.2, 0) is 9.59 Å². The van der Waals surface area contributed by atoms with E-state index in [-0.39, 0.29) is 25.2 Å². The number of carbonyl (C=O) groups is 2. The molecule has 8 heteroatoms. The molecule has 0 radical (unpaired) electrons. The van der Waals surface area contributed by atoms with Crippen LogP contribution in [0.1, 0.15) is 74.5 Å². The van der Waals surface area contributed by atoms with Gasteiger partial charge in [0.05, 0.1) is 19.6 Å². The minimum atomic E-state index is -0.885. The van der Waals surface area contributed by atoms with Gasteiger partial charge in [0.25, 0.3) is 0 Å². The van der Waals surface area contributed by atoms with Crippen molar-refractivity contribution in [3.8, 4) is 17.2 Å². The summed E-state index contributed by atoms with van der Waals surface area (Å²) >= 11 is 0. The Morgan fingerprint density at radius 3 is 2.49 bits per heavy atom. The molecule has 2 fully saturated rings. The van der Waals surface area contributed by atoms with Gasteiger partial charge in [0.15, 0.2) is 11.5 Å². The molecule has 210 valence electrons. The number of unbranched alkanes of at least 4 members (excludes halogenated alkanes) is 1. The van der Waals surface area contributed by atoms with Crippen LogP contribution in [0.5, 0.6) is 17.2 Å². The minimum Gasteiger partial charge on any atom is -0.497 e. The number of nitrogens with one attached hydrogen (secondary N) is 1. The molecule has 3 atom stereocenters. The molecule has 2 aromatic carbocycles. The zero-order valence-electron chi connectivity index (χ0n) is 22.8. The normalized spacial score (nSPS) is 23.1. The third-order valence-corrected chi connectivity index (χ3v) is 8.60. The van der Waals surface area contributed by atoms with Gasteiger partial charge in [-0.1, -0.05) is 63.1 Å². The lowest BCUT2D eigenvalue weighted by Crippen LogP contribution is -2.38. The lowest BCUT2D eigenvalue weighted by atomic mass is 9.82. The van der Waals surface area contributed by atoms with Crippen molar-refractivity contribution in [2.45, 2.75) is 63.3 Å². The SMILES string of the molecule is COc1ccc([C@@H]2[C@@H](C(=O)O)[C@@H](c3ccc4c(c3)OCO4)CN2CC(=O)NCCCCC2CCCCC2)cc1. The highest BCUT2D eigenvalue weighted by Crippen LogP contribution is 2.47. The highest BCUT2D eigenvalue weighted by Gasteiger charge is 2.48. The molecule has 39 heavy (non-hydrogen) atoms. The number of rotatable bonds is 11. The first kappa shape index (κ1) is 27.3. The van der Waals surface area contributed by atoms with Gasteiger partial charge in [-0.25, -0.2) is 0 Å². The smallest absolute Gasteiger partial charge is 0.309 e. The van der Waals surface area contributed by atoms with E-state index in [2.05, 4.69) is 5.32 Å². The van der Waals surface area contributed by atoms with Gasteiger partial charge in [-0.15, -0.1) is 0 Å². The molecule has 3 aliphatic rings. The summed E-state index contributed by atoms with van der Waals surface area (Å²) in [6, 6.07) is 12.6. The number of carboxylic acid groups (broad SMARTS) is 1. The Hall–Kier alpha value is -3.26. The van der Waals surface area contributed by atoms with Crippen LogP contribution in [0.3, 0.4) is 0 Å². The van der Waals surface area contributed by atoms with E-state index < -0.39 is 17.9 Å². The van der Waals surface area contributed by atoms with Crippen LogP contribution in [0.4, 0.5) is 0 Å². The Bertz CT molecular complexity index is 1130. The topological polar surface area (TPSA) is 97.3 Å². The molecule has 8 nitrogen and oxygen atoms in total. The second kappa shape index (κ2) is 12.7. The Labute approximate surface area is 230 Å². The van der Waals surface area contributed by atoms with E-state index in [1.807, 2.05) is 47.4 Å². The summed E-state index contributed by atoms with van der Waals surface area (Å²) in [6.45, 7) is 1.40. The van der Waals surface area contributed by atoms with E-state index in [0.29, 0.717) is 30.3 Å². The van der Waals surface area contributed by atoms with Crippen LogP contribution in [0, 0.1) is 11.8 Å². The van der Waals surface area contributed by atoms with Crippen molar-refractivity contribution in [1.82, 2.24) is 10.2 Å². The highest BCUT2D eigenvalue weighted by molar-refractivity contribution is 5.79. The molecule has 1 aliphatic carbocycles. The lowest BCUT2D eigenvalue weighted by molar-refractivity contribution is -0.143. The first-order valence-electron chi connectivity index (χ1n) is 14.3. The summed E-state index contributed by atoms with van der Waals surface area (Å²) < 4.78 is 16.3. The van der Waals surface area contributed by atoms with Gasteiger partial charge in [0.2, 0.25) is 12.7 Å². The third kappa shape index (κ3) is 6.49. The maximum Gasteiger partial charge on any atom is 0.309 e. The van der Waals surface area contributed by atoms with E-state index in [0.717, 1.165) is 29.9 Å². The van der Waals surface area contributed by atoms with Gasteiger partial charge in [-0.2, -0.15) is 0 Å². The van der Waals surface area contributed by atoms with Crippen LogP contribution in [0.2, 0.25) is 0 Å². The van der Waals surface area contributed by atoms with E-state index in [1.165, 1.54) is 38.5 Å². The molecule has 5 rings (SSSR count). The van der Waals surface area contributed by atoms with Gasteiger partial charge in [0.1, 0.15) is 5.75 Å². The fraction of sp³-hybridized carbons (Fsp3) is 0.548. The van der Waals surface area contributed by atoms with Crippen LogP contribution in [0.25, 0.3) is 0 Å². The molecule has 1 amide bonds. The van der Waals surface area contributed by atoms with E-state index >= 15 is 0 Å². The molecule has 0 unspecified atom stereocenters. The molecular weight excluding hydrogens is 496 g/mol. The van der Waals surface area contributed by atoms with Gasteiger partial charge in [-0.3, -0.25) is 14.5 Å². The molecule has 2 aliphatic heterocycles. The summed E-state index contributed by atoms with van der Waals surface area (Å²) in [4.78, 5) is 27.8. The highest BCUT2D eigenvalue weighted by atomic mass is 16.7. The molecule has 0 aromatic heterocycles. The number of fused-ring (bicyclic) bond motifs is 1. The Balaban J connectivity index is 1.28. The number of amides is 1. The predicted octanol–water partition coefficient (Wildman–Crippen LogP) is 5.13. The quantitative estimate of drug-likeness (QED) is 0.384. The van der Waals surface area contributed by atoms with Gasteiger partial charge < -0.3 is 24.6 Å². The van der Waals surface area contributed by atoms with Crippen LogP contribution >= 0.6 is 0 Å². The van der Waals surface area contributed by atoms with E-state index in [9.17, 15) is 14.7 Å². The van der Waals surface area contributed by atoms with Gasteiger partial charge in [-0.05, 0) is 47.7 Å². The Morgan fingerprint density at radius 1 is 1.00 bits per heavy atom. The molecule has 2 aromatic rings. The lowest BCUT2D eigenvalue weighted by Gasteiger charge is -2.27. The monoisotopic (exact) mass is 536 g/mol. The number of benzene rings is 2. The average molecular weight is 537 g/mol. The van der Waals surface area contributed by atoms with Crippen molar-refractivity contribution in [2.24, 2.45) is 11.8 Å². The summed E-state index contributed by atoms with van der Waals surface area (Å²) in [6.07, 6.45) is 10.1. The summed E-state index contributed by atoms with van der Waals surface area (Å²) in [5, 5.41) is 13.5. The fourth-order valence-corrected chi connectivity index (χ4v) is 6.57. The molecular formula is C31H40N2O6. The van der Waals surface area contributed by atoms with Crippen molar-refractivity contribution in [1.29, 1.82) is 0 Å². The van der Waals surface area contributed by atoms with Crippen molar-refractivity contribution >= 4 is 11.9 Å². The van der Waals surface area contributed by atoms with Crippen molar-refractivity contribution in [3.63, 3.8) is 0 Å². The molecule has 2 heterocycles. The Morgan fingerprint density at radius 2 is 1.74 bits per heavy atom. The van der Waals surface area contributed by atoms with Crippen molar-refractivity contribution < 1.29 is 28.9 Å². The van der Waals surface area contributed by atoms with Gasteiger partial charge in [0, 0.05) is 25.0 Å². The molecule has 0 bridgehead atoms. The standard InChI is InChI=1S/C31H40N2O6/c1-37-24-13-10-22(11-14-24)30-29(31(35)36)25(23-12-15-26-27(17-23)39-20-38-26)18-33(30)19-28(34)32-16-6-5-9-21-7-3-2-4-8-21/h10-15,17,21,25,29-30H,2-9,16,18-20H2,1H3,(H,32,34)(H,35,36)/t25-,29+,30-/m1/s1. The maximum absolute atomic E-state index is 13.1. The molecule has 1 saturated heterocycles. The zero-order chi connectivity index (χ0) is 27.2. The van der Waals surface area contributed by atoms with Gasteiger partial charge >= 0.3 is 5.97 Å². The van der Waals surface area contributed by atoms with E-state index in [1.54, 1.807) is 7.11 Å². The van der Waals surface area contributed by atoms with Crippen LogP contribution in [0.15, 0.2) is 42.5 Å². The molecule has 2 N–H and O–H groups in total. The predicted molar refractivity (Wildman–Crippen MR) is 147 cm³/mol. The van der Waals surface area contributed by atoms with Crippen molar-refractivity contribution in [2.75, 3.05) is 33.5 Å². The van der Waals surface area contributed by atoms with E-state index in [4.69, 9.17) is 14.2 Å². The first-order valence-corrected chi connectivity index (χ1v) is 14.3. The second-order valence-electron chi connectivity index (χ2n) is 11.1. The summed E-state index contributed by atoms with van der Waals surface area (Å²) in [5.41, 5.74) is 1.72. The number of carbonyl (C=O) groups excluding carboxylic acids is 1. The van der Waals surface area contributed by atoms with Crippen LogP contribution < -0.4 is 19.5 Å². The average Bonchev–Trinajstić information content (AvgIpc) is 3.58.